The van der Waals surface area contributed by atoms with Crippen molar-refractivity contribution in [3.05, 3.63) is 59.2 Å². The van der Waals surface area contributed by atoms with Crippen molar-refractivity contribution < 1.29 is 14.3 Å². The van der Waals surface area contributed by atoms with E-state index in [4.69, 9.17) is 4.74 Å². The van der Waals surface area contributed by atoms with E-state index in [0.717, 1.165) is 23.3 Å². The highest BCUT2D eigenvalue weighted by molar-refractivity contribution is 5.95. The van der Waals surface area contributed by atoms with Crippen LogP contribution in [0.25, 0.3) is 0 Å². The summed E-state index contributed by atoms with van der Waals surface area (Å²) in [7, 11) is 0. The molecule has 2 aromatic carbocycles. The molecule has 0 aliphatic carbocycles. The van der Waals surface area contributed by atoms with Crippen LogP contribution >= 0.6 is 0 Å². The number of para-hydroxylation sites is 1. The van der Waals surface area contributed by atoms with Crippen LogP contribution in [0.3, 0.4) is 0 Å². The standard InChI is InChI=1S/C22H29N3O3/c1-5-17(4)24-21(26)18-9-11-19(12-10-18)25-22(27)23-13-14-28-20-15(2)7-6-8-16(20)3/h6-12,17H,5,13-14H2,1-4H3,(H,24,26)(H2,23,25,27). The first kappa shape index (κ1) is 21.3. The molecule has 0 fully saturated rings. The van der Waals surface area contributed by atoms with E-state index in [1.807, 2.05) is 45.9 Å². The number of carbonyl (C=O) groups excluding carboxylic acids is 2. The molecule has 0 spiro atoms. The van der Waals surface area contributed by atoms with Gasteiger partial charge in [-0.2, -0.15) is 0 Å². The topological polar surface area (TPSA) is 79.5 Å². The summed E-state index contributed by atoms with van der Waals surface area (Å²) in [4.78, 5) is 24.1. The summed E-state index contributed by atoms with van der Waals surface area (Å²) in [6.07, 6.45) is 0.874. The van der Waals surface area contributed by atoms with Crippen LogP contribution in [0, 0.1) is 13.8 Å². The summed E-state index contributed by atoms with van der Waals surface area (Å²) in [6.45, 7) is 8.74. The molecular formula is C22H29N3O3. The van der Waals surface area contributed by atoms with E-state index in [9.17, 15) is 9.59 Å². The Bertz CT molecular complexity index is 783. The van der Waals surface area contributed by atoms with Crippen molar-refractivity contribution >= 4 is 17.6 Å². The predicted octanol–water partition coefficient (Wildman–Crippen LogP) is 4.03. The minimum absolute atomic E-state index is 0.117. The van der Waals surface area contributed by atoms with Gasteiger partial charge in [-0.25, -0.2) is 4.79 Å². The third kappa shape index (κ3) is 6.30. The zero-order chi connectivity index (χ0) is 20.5. The average Bonchev–Trinajstić information content (AvgIpc) is 2.67. The Hall–Kier alpha value is -3.02. The van der Waals surface area contributed by atoms with Gasteiger partial charge in [0.25, 0.3) is 5.91 Å². The number of urea groups is 1. The van der Waals surface area contributed by atoms with Gasteiger partial charge >= 0.3 is 6.03 Å². The Morgan fingerprint density at radius 2 is 1.68 bits per heavy atom. The van der Waals surface area contributed by atoms with Crippen LogP contribution in [0.2, 0.25) is 0 Å². The lowest BCUT2D eigenvalue weighted by atomic mass is 10.1. The van der Waals surface area contributed by atoms with E-state index in [2.05, 4.69) is 16.0 Å². The summed E-state index contributed by atoms with van der Waals surface area (Å²) in [5, 5.41) is 8.41. The molecule has 0 radical (unpaired) electrons. The van der Waals surface area contributed by atoms with E-state index in [0.29, 0.717) is 24.4 Å². The minimum atomic E-state index is -0.318. The Labute approximate surface area is 166 Å². The molecule has 6 heteroatoms. The first-order valence-corrected chi connectivity index (χ1v) is 9.55. The number of hydrogen-bond acceptors (Lipinski definition) is 3. The molecule has 2 rings (SSSR count). The van der Waals surface area contributed by atoms with Crippen LogP contribution in [-0.4, -0.2) is 31.1 Å². The summed E-state index contributed by atoms with van der Waals surface area (Å²) < 4.78 is 5.76. The molecule has 0 aliphatic rings. The van der Waals surface area contributed by atoms with Gasteiger partial charge in [-0.3, -0.25) is 4.79 Å². The second-order valence-corrected chi connectivity index (χ2v) is 6.81. The van der Waals surface area contributed by atoms with E-state index in [-0.39, 0.29) is 18.0 Å². The van der Waals surface area contributed by atoms with Crippen molar-refractivity contribution in [1.82, 2.24) is 10.6 Å². The average molecular weight is 383 g/mol. The highest BCUT2D eigenvalue weighted by atomic mass is 16.5. The number of anilines is 1. The number of hydrogen-bond donors (Lipinski definition) is 3. The van der Waals surface area contributed by atoms with Crippen molar-refractivity contribution in [2.45, 2.75) is 40.2 Å². The Morgan fingerprint density at radius 1 is 1.04 bits per heavy atom. The minimum Gasteiger partial charge on any atom is -0.491 e. The Balaban J connectivity index is 1.76. The molecule has 1 unspecified atom stereocenters. The molecule has 150 valence electrons. The van der Waals surface area contributed by atoms with Crippen LogP contribution in [0.1, 0.15) is 41.8 Å². The summed E-state index contributed by atoms with van der Waals surface area (Å²) in [6, 6.07) is 12.6. The number of benzene rings is 2. The smallest absolute Gasteiger partial charge is 0.319 e. The molecule has 1 atom stereocenters. The molecular weight excluding hydrogens is 354 g/mol. The summed E-state index contributed by atoms with van der Waals surface area (Å²) in [5.41, 5.74) is 3.32. The van der Waals surface area contributed by atoms with E-state index in [1.165, 1.54) is 0 Å². The fourth-order valence-corrected chi connectivity index (χ4v) is 2.63. The van der Waals surface area contributed by atoms with Crippen LogP contribution in [0.5, 0.6) is 5.75 Å². The molecule has 3 amide bonds. The quantitative estimate of drug-likeness (QED) is 0.602. The van der Waals surface area contributed by atoms with Crippen LogP contribution in [0.4, 0.5) is 10.5 Å². The number of carbonyl (C=O) groups is 2. The third-order valence-corrected chi connectivity index (χ3v) is 4.44. The zero-order valence-electron chi connectivity index (χ0n) is 17.0. The molecule has 2 aromatic rings. The molecule has 0 bridgehead atoms. The van der Waals surface area contributed by atoms with E-state index >= 15 is 0 Å². The number of amides is 3. The largest absolute Gasteiger partial charge is 0.491 e. The van der Waals surface area contributed by atoms with Gasteiger partial charge in [0.05, 0.1) is 6.54 Å². The van der Waals surface area contributed by atoms with Crippen LogP contribution in [-0.2, 0) is 0 Å². The van der Waals surface area contributed by atoms with Gasteiger partial charge in [0.2, 0.25) is 0 Å². The van der Waals surface area contributed by atoms with Crippen LogP contribution in [0.15, 0.2) is 42.5 Å². The SMILES string of the molecule is CCC(C)NC(=O)c1ccc(NC(=O)NCCOc2c(C)cccc2C)cc1. The number of aryl methyl sites for hydroxylation is 2. The van der Waals surface area contributed by atoms with Crippen molar-refractivity contribution in [3.8, 4) is 5.75 Å². The molecule has 28 heavy (non-hydrogen) atoms. The molecule has 0 heterocycles. The summed E-state index contributed by atoms with van der Waals surface area (Å²) >= 11 is 0. The Kier molecular flexibility index (Phi) is 7.87. The molecule has 0 saturated carbocycles. The van der Waals surface area contributed by atoms with Gasteiger partial charge in [0.1, 0.15) is 12.4 Å². The fourth-order valence-electron chi connectivity index (χ4n) is 2.63. The molecule has 3 N–H and O–H groups in total. The molecule has 0 aromatic heterocycles. The maximum Gasteiger partial charge on any atom is 0.319 e. The van der Waals surface area contributed by atoms with E-state index in [1.54, 1.807) is 24.3 Å². The third-order valence-electron chi connectivity index (χ3n) is 4.44. The normalized spacial score (nSPS) is 11.4. The number of nitrogens with one attached hydrogen (secondary N) is 3. The van der Waals surface area contributed by atoms with E-state index < -0.39 is 0 Å². The monoisotopic (exact) mass is 383 g/mol. The van der Waals surface area contributed by atoms with Crippen molar-refractivity contribution in [1.29, 1.82) is 0 Å². The maximum absolute atomic E-state index is 12.1. The first-order chi connectivity index (χ1) is 13.4. The highest BCUT2D eigenvalue weighted by Crippen LogP contribution is 2.21. The molecule has 6 nitrogen and oxygen atoms in total. The van der Waals surface area contributed by atoms with Gasteiger partial charge in [-0.05, 0) is 62.6 Å². The van der Waals surface area contributed by atoms with Crippen molar-refractivity contribution in [3.63, 3.8) is 0 Å². The first-order valence-electron chi connectivity index (χ1n) is 9.55. The lowest BCUT2D eigenvalue weighted by molar-refractivity contribution is 0.0939. The summed E-state index contributed by atoms with van der Waals surface area (Å²) in [5.74, 6) is 0.741. The highest BCUT2D eigenvalue weighted by Gasteiger charge is 2.09. The fraction of sp³-hybridized carbons (Fsp3) is 0.364. The van der Waals surface area contributed by atoms with Crippen LogP contribution < -0.4 is 20.7 Å². The second-order valence-electron chi connectivity index (χ2n) is 6.81. The van der Waals surface area contributed by atoms with Gasteiger partial charge in [-0.1, -0.05) is 25.1 Å². The predicted molar refractivity (Wildman–Crippen MR) is 112 cm³/mol. The molecule has 0 aliphatic heterocycles. The number of ether oxygens (including phenoxy) is 1. The van der Waals surface area contributed by atoms with Crippen molar-refractivity contribution in [2.24, 2.45) is 0 Å². The van der Waals surface area contributed by atoms with Gasteiger partial charge in [0.15, 0.2) is 0 Å². The maximum atomic E-state index is 12.1. The Morgan fingerprint density at radius 3 is 2.29 bits per heavy atom. The molecule has 0 saturated heterocycles. The second kappa shape index (κ2) is 10.3. The van der Waals surface area contributed by atoms with Gasteiger partial charge < -0.3 is 20.7 Å². The lowest BCUT2D eigenvalue weighted by Gasteiger charge is -2.13. The van der Waals surface area contributed by atoms with Gasteiger partial charge in [-0.15, -0.1) is 0 Å². The van der Waals surface area contributed by atoms with Crippen molar-refractivity contribution in [2.75, 3.05) is 18.5 Å². The lowest BCUT2D eigenvalue weighted by Crippen LogP contribution is -2.32. The van der Waals surface area contributed by atoms with Gasteiger partial charge in [0, 0.05) is 17.3 Å². The number of rotatable bonds is 8. The zero-order valence-corrected chi connectivity index (χ0v) is 17.0.